The topological polar surface area (TPSA) is 18.5 Å². The van der Waals surface area contributed by atoms with Crippen LogP contribution in [0.2, 0.25) is 0 Å². The third kappa shape index (κ3) is 5.31. The highest BCUT2D eigenvalue weighted by Crippen LogP contribution is 2.61. The van der Waals surface area contributed by atoms with Crippen LogP contribution in [0.3, 0.4) is 0 Å². The Morgan fingerprint density at radius 3 is 1.38 bits per heavy atom. The Bertz CT molecular complexity index is 1210. The number of aryl methyl sites for hydroxylation is 2. The lowest BCUT2D eigenvalue weighted by atomic mass is 9.59. The molecule has 214 valence electrons. The maximum absolute atomic E-state index is 6.81. The lowest BCUT2D eigenvalue weighted by molar-refractivity contribution is 0.223. The predicted octanol–water partition coefficient (Wildman–Crippen LogP) is 10.5. The van der Waals surface area contributed by atoms with E-state index in [0.29, 0.717) is 11.8 Å². The molecular weight excluding hydrogens is 488 g/mol. The highest BCUT2D eigenvalue weighted by molar-refractivity contribution is 5.75. The molecule has 0 aromatic heterocycles. The lowest BCUT2D eigenvalue weighted by Crippen LogP contribution is -2.30. The SMILES string of the molecule is CCCCC(CC)COc1ccc(OCC(CC)CCCC)c2c1C1c3ccccc3C2c2c(C)ccc(C)c21. The molecule has 6 rings (SSSR count). The lowest BCUT2D eigenvalue weighted by Gasteiger charge is -2.45. The van der Waals surface area contributed by atoms with Crippen molar-refractivity contribution in [2.75, 3.05) is 13.2 Å². The fourth-order valence-electron chi connectivity index (χ4n) is 7.22. The standard InChI is InChI=1S/C38H50O2/c1-7-11-15-27(9-3)23-39-31-21-22-32(40-24-28(10-4)16-12-8-2)38-36-30-18-14-13-17-29(30)35(37(31)38)33-25(5)19-20-26(6)34(33)36/h13-14,17-22,27-28,35-36H,7-12,15-16,23-24H2,1-6H3. The fraction of sp³-hybridized carbons (Fsp3) is 0.526. The Balaban J connectivity index is 1.62. The van der Waals surface area contributed by atoms with E-state index < -0.39 is 0 Å². The van der Waals surface area contributed by atoms with Gasteiger partial charge in [0, 0.05) is 23.0 Å². The Labute approximate surface area is 243 Å². The second-order valence-electron chi connectivity index (χ2n) is 12.4. The van der Waals surface area contributed by atoms with Crippen LogP contribution in [0.25, 0.3) is 0 Å². The Kier molecular flexibility index (Phi) is 9.24. The van der Waals surface area contributed by atoms with Crippen molar-refractivity contribution in [1.29, 1.82) is 0 Å². The third-order valence-electron chi connectivity index (χ3n) is 9.74. The van der Waals surface area contributed by atoms with Crippen LogP contribution in [0.1, 0.15) is 135 Å². The van der Waals surface area contributed by atoms with Crippen molar-refractivity contribution in [2.45, 2.75) is 105 Å². The molecule has 2 nitrogen and oxygen atoms in total. The molecule has 3 aromatic carbocycles. The minimum atomic E-state index is 0.183. The number of benzene rings is 3. The van der Waals surface area contributed by atoms with Gasteiger partial charge in [0.15, 0.2) is 0 Å². The molecule has 3 aromatic rings. The van der Waals surface area contributed by atoms with E-state index in [2.05, 4.69) is 90.1 Å². The van der Waals surface area contributed by atoms with Crippen LogP contribution in [0, 0.1) is 25.7 Å². The summed E-state index contributed by atoms with van der Waals surface area (Å²) in [4.78, 5) is 0. The van der Waals surface area contributed by atoms with E-state index in [1.165, 1.54) is 83.0 Å². The number of unbranched alkanes of at least 4 members (excludes halogenated alkanes) is 2. The second kappa shape index (κ2) is 12.8. The largest absolute Gasteiger partial charge is 0.493 e. The van der Waals surface area contributed by atoms with Gasteiger partial charge in [0.25, 0.3) is 0 Å². The quantitative estimate of drug-likeness (QED) is 0.140. The number of hydrogen-bond donors (Lipinski definition) is 0. The molecule has 2 bridgehead atoms. The summed E-state index contributed by atoms with van der Waals surface area (Å²) >= 11 is 0. The zero-order valence-corrected chi connectivity index (χ0v) is 25.8. The minimum Gasteiger partial charge on any atom is -0.493 e. The van der Waals surface area contributed by atoms with E-state index in [1.807, 2.05) is 0 Å². The second-order valence-corrected chi connectivity index (χ2v) is 12.4. The Morgan fingerprint density at radius 1 is 0.575 bits per heavy atom. The van der Waals surface area contributed by atoms with Crippen LogP contribution in [-0.2, 0) is 0 Å². The van der Waals surface area contributed by atoms with Crippen LogP contribution < -0.4 is 9.47 Å². The summed E-state index contributed by atoms with van der Waals surface area (Å²) in [6.07, 6.45) is 9.83. The molecule has 3 aliphatic rings. The van der Waals surface area contributed by atoms with Crippen molar-refractivity contribution in [3.8, 4) is 11.5 Å². The first-order chi connectivity index (χ1) is 19.5. The van der Waals surface area contributed by atoms with Crippen molar-refractivity contribution >= 4 is 0 Å². The summed E-state index contributed by atoms with van der Waals surface area (Å²) in [5.74, 6) is 3.68. The van der Waals surface area contributed by atoms with Crippen LogP contribution in [0.15, 0.2) is 48.5 Å². The maximum atomic E-state index is 6.81. The van der Waals surface area contributed by atoms with Gasteiger partial charge in [0.05, 0.1) is 13.2 Å². The van der Waals surface area contributed by atoms with Gasteiger partial charge in [-0.1, -0.05) is 103 Å². The smallest absolute Gasteiger partial charge is 0.124 e. The molecule has 0 amide bonds. The summed E-state index contributed by atoms with van der Waals surface area (Å²) in [5, 5.41) is 0. The summed E-state index contributed by atoms with van der Waals surface area (Å²) in [6.45, 7) is 15.3. The van der Waals surface area contributed by atoms with Crippen molar-refractivity contribution in [3.05, 3.63) is 93.0 Å². The van der Waals surface area contributed by atoms with E-state index in [4.69, 9.17) is 9.47 Å². The highest BCUT2D eigenvalue weighted by atomic mass is 16.5. The number of hydrogen-bond acceptors (Lipinski definition) is 2. The van der Waals surface area contributed by atoms with Crippen molar-refractivity contribution in [2.24, 2.45) is 11.8 Å². The maximum Gasteiger partial charge on any atom is 0.124 e. The summed E-state index contributed by atoms with van der Waals surface area (Å²) in [6, 6.07) is 18.2. The van der Waals surface area contributed by atoms with Gasteiger partial charge < -0.3 is 9.47 Å². The first kappa shape index (κ1) is 28.8. The molecule has 4 atom stereocenters. The minimum absolute atomic E-state index is 0.183. The average Bonchev–Trinajstić information content (AvgIpc) is 2.99. The van der Waals surface area contributed by atoms with E-state index in [0.717, 1.165) is 37.6 Å². The van der Waals surface area contributed by atoms with Gasteiger partial charge in [-0.05, 0) is 84.0 Å². The zero-order chi connectivity index (χ0) is 28.2. The molecule has 0 heterocycles. The van der Waals surface area contributed by atoms with Gasteiger partial charge in [0.1, 0.15) is 11.5 Å². The fourth-order valence-corrected chi connectivity index (χ4v) is 7.22. The van der Waals surface area contributed by atoms with Crippen molar-refractivity contribution in [1.82, 2.24) is 0 Å². The zero-order valence-electron chi connectivity index (χ0n) is 25.8. The normalized spacial score (nSPS) is 18.1. The summed E-state index contributed by atoms with van der Waals surface area (Å²) < 4.78 is 13.6. The van der Waals surface area contributed by atoms with E-state index in [-0.39, 0.29) is 11.8 Å². The third-order valence-corrected chi connectivity index (χ3v) is 9.74. The summed E-state index contributed by atoms with van der Waals surface area (Å²) in [5.41, 5.74) is 11.3. The molecule has 0 fully saturated rings. The molecule has 4 unspecified atom stereocenters. The molecule has 0 saturated carbocycles. The molecular formula is C38H50O2. The van der Waals surface area contributed by atoms with Gasteiger partial charge >= 0.3 is 0 Å². The molecule has 0 saturated heterocycles. The molecule has 40 heavy (non-hydrogen) atoms. The van der Waals surface area contributed by atoms with E-state index in [1.54, 1.807) is 0 Å². The van der Waals surface area contributed by atoms with E-state index in [9.17, 15) is 0 Å². The van der Waals surface area contributed by atoms with Gasteiger partial charge in [-0.3, -0.25) is 0 Å². The molecule has 0 radical (unpaired) electrons. The summed E-state index contributed by atoms with van der Waals surface area (Å²) in [7, 11) is 0. The van der Waals surface area contributed by atoms with E-state index >= 15 is 0 Å². The average molecular weight is 539 g/mol. The van der Waals surface area contributed by atoms with Crippen LogP contribution in [0.5, 0.6) is 11.5 Å². The number of rotatable bonds is 14. The van der Waals surface area contributed by atoms with Crippen molar-refractivity contribution in [3.63, 3.8) is 0 Å². The molecule has 0 N–H and O–H groups in total. The number of ether oxygens (including phenoxy) is 2. The van der Waals surface area contributed by atoms with Gasteiger partial charge in [-0.15, -0.1) is 0 Å². The predicted molar refractivity (Wildman–Crippen MR) is 168 cm³/mol. The van der Waals surface area contributed by atoms with Crippen molar-refractivity contribution < 1.29 is 9.47 Å². The Hall–Kier alpha value is -2.74. The monoisotopic (exact) mass is 538 g/mol. The van der Waals surface area contributed by atoms with Gasteiger partial charge in [0.2, 0.25) is 0 Å². The molecule has 0 aliphatic heterocycles. The highest BCUT2D eigenvalue weighted by Gasteiger charge is 2.46. The first-order valence-electron chi connectivity index (χ1n) is 16.1. The van der Waals surface area contributed by atoms with Crippen LogP contribution in [-0.4, -0.2) is 13.2 Å². The van der Waals surface area contributed by atoms with Gasteiger partial charge in [-0.25, -0.2) is 0 Å². The molecule has 2 heteroatoms. The van der Waals surface area contributed by atoms with Crippen LogP contribution >= 0.6 is 0 Å². The van der Waals surface area contributed by atoms with Crippen LogP contribution in [0.4, 0.5) is 0 Å². The Morgan fingerprint density at radius 2 is 1.00 bits per heavy atom. The van der Waals surface area contributed by atoms with Gasteiger partial charge in [-0.2, -0.15) is 0 Å². The molecule has 3 aliphatic carbocycles. The first-order valence-corrected chi connectivity index (χ1v) is 16.1. The molecule has 0 spiro atoms.